The maximum Gasteiger partial charge on any atom is 0.331 e. The Morgan fingerprint density at radius 1 is 1.20 bits per heavy atom. The zero-order valence-electron chi connectivity index (χ0n) is 14.2. The fraction of sp³-hybridized carbons (Fsp3) is 0.389. The van der Waals surface area contributed by atoms with Crippen LogP contribution in [0.3, 0.4) is 0 Å². The largest absolute Gasteiger partial charge is 0.377 e. The third-order valence-electron chi connectivity index (χ3n) is 4.59. The lowest BCUT2D eigenvalue weighted by atomic mass is 10.0. The number of nitrogens with one attached hydrogen (secondary N) is 1. The maximum absolute atomic E-state index is 12.8. The van der Waals surface area contributed by atoms with Crippen LogP contribution in [0.4, 0.5) is 10.5 Å². The minimum absolute atomic E-state index is 0.00370. The lowest BCUT2D eigenvalue weighted by Gasteiger charge is -2.31. The normalized spacial score (nSPS) is 20.4. The molecule has 132 valence electrons. The molecule has 0 spiro atoms. The quantitative estimate of drug-likeness (QED) is 0.619. The monoisotopic (exact) mass is 405 g/mol. The van der Waals surface area contributed by atoms with Crippen LogP contribution in [0.25, 0.3) is 6.08 Å². The standard InChI is InChI=1S/C18H20BrN3O3/c1-21(2)15-8-7-11(10-14(15)19)9-13-16(23)20-18(25)22(17(13)24)12-5-3-4-6-12/h7-10,12H,3-6H2,1-2H3,(H,20,23,25)/b13-9+. The molecule has 1 aromatic rings. The van der Waals surface area contributed by atoms with Crippen LogP contribution in [-0.4, -0.2) is 42.9 Å². The molecule has 0 radical (unpaired) electrons. The van der Waals surface area contributed by atoms with Crippen LogP contribution in [-0.2, 0) is 9.59 Å². The Balaban J connectivity index is 1.93. The molecule has 1 saturated heterocycles. The van der Waals surface area contributed by atoms with Gasteiger partial charge in [-0.2, -0.15) is 0 Å². The Labute approximate surface area is 155 Å². The number of rotatable bonds is 3. The van der Waals surface area contributed by atoms with E-state index in [1.54, 1.807) is 0 Å². The van der Waals surface area contributed by atoms with Gasteiger partial charge in [0.05, 0.1) is 5.69 Å². The lowest BCUT2D eigenvalue weighted by Crippen LogP contribution is -2.57. The van der Waals surface area contributed by atoms with Gasteiger partial charge in [-0.05, 0) is 52.5 Å². The van der Waals surface area contributed by atoms with Crippen molar-refractivity contribution in [3.05, 3.63) is 33.8 Å². The Bertz CT molecular complexity index is 767. The second kappa shape index (κ2) is 7.00. The molecule has 3 rings (SSSR count). The van der Waals surface area contributed by atoms with Gasteiger partial charge in [-0.15, -0.1) is 0 Å². The van der Waals surface area contributed by atoms with E-state index < -0.39 is 17.8 Å². The molecule has 0 bridgehead atoms. The highest BCUT2D eigenvalue weighted by Gasteiger charge is 2.40. The molecule has 1 saturated carbocycles. The smallest absolute Gasteiger partial charge is 0.331 e. The van der Waals surface area contributed by atoms with Crippen molar-refractivity contribution < 1.29 is 14.4 Å². The van der Waals surface area contributed by atoms with E-state index in [9.17, 15) is 14.4 Å². The second-order valence-corrected chi connectivity index (χ2v) is 7.39. The van der Waals surface area contributed by atoms with Crippen molar-refractivity contribution in [2.45, 2.75) is 31.7 Å². The highest BCUT2D eigenvalue weighted by Crippen LogP contribution is 2.29. The maximum atomic E-state index is 12.8. The minimum Gasteiger partial charge on any atom is -0.377 e. The van der Waals surface area contributed by atoms with Crippen molar-refractivity contribution in [3.8, 4) is 0 Å². The number of hydrogen-bond acceptors (Lipinski definition) is 4. The van der Waals surface area contributed by atoms with Crippen molar-refractivity contribution >= 4 is 45.5 Å². The third-order valence-corrected chi connectivity index (χ3v) is 5.22. The number of imide groups is 2. The van der Waals surface area contributed by atoms with E-state index in [0.29, 0.717) is 0 Å². The van der Waals surface area contributed by atoms with Crippen molar-refractivity contribution in [3.63, 3.8) is 0 Å². The van der Waals surface area contributed by atoms with Gasteiger partial charge in [0.2, 0.25) is 0 Å². The highest BCUT2D eigenvalue weighted by atomic mass is 79.9. The van der Waals surface area contributed by atoms with Gasteiger partial charge in [0, 0.05) is 24.6 Å². The summed E-state index contributed by atoms with van der Waals surface area (Å²) in [5.74, 6) is -1.15. The first-order valence-electron chi connectivity index (χ1n) is 8.26. The van der Waals surface area contributed by atoms with E-state index in [1.165, 1.54) is 11.0 Å². The number of carbonyl (C=O) groups excluding carboxylic acids is 3. The molecule has 0 aromatic heterocycles. The third kappa shape index (κ3) is 3.46. The second-order valence-electron chi connectivity index (χ2n) is 6.54. The molecule has 25 heavy (non-hydrogen) atoms. The molecular weight excluding hydrogens is 386 g/mol. The highest BCUT2D eigenvalue weighted by molar-refractivity contribution is 9.10. The first-order valence-corrected chi connectivity index (χ1v) is 9.05. The summed E-state index contributed by atoms with van der Waals surface area (Å²) in [5.41, 5.74) is 1.71. The minimum atomic E-state index is -0.642. The van der Waals surface area contributed by atoms with Gasteiger partial charge in [-0.1, -0.05) is 18.9 Å². The molecule has 1 aliphatic heterocycles. The van der Waals surface area contributed by atoms with Crippen molar-refractivity contribution in [2.24, 2.45) is 0 Å². The molecule has 0 atom stereocenters. The van der Waals surface area contributed by atoms with Gasteiger partial charge >= 0.3 is 6.03 Å². The summed E-state index contributed by atoms with van der Waals surface area (Å²) in [6.45, 7) is 0. The SMILES string of the molecule is CN(C)c1ccc(/C=C2\C(=O)NC(=O)N(C3CCCC3)C2=O)cc1Br. The number of barbiturate groups is 1. The van der Waals surface area contributed by atoms with Crippen LogP contribution >= 0.6 is 15.9 Å². The van der Waals surface area contributed by atoms with Crippen LogP contribution in [0.1, 0.15) is 31.2 Å². The first kappa shape index (κ1) is 17.7. The average molecular weight is 406 g/mol. The molecular formula is C18H20BrN3O3. The van der Waals surface area contributed by atoms with Crippen molar-refractivity contribution in [1.29, 1.82) is 0 Å². The zero-order chi connectivity index (χ0) is 18.1. The molecule has 7 heteroatoms. The van der Waals surface area contributed by atoms with Crippen molar-refractivity contribution in [1.82, 2.24) is 10.2 Å². The molecule has 1 heterocycles. The molecule has 6 nitrogen and oxygen atoms in total. The van der Waals surface area contributed by atoms with E-state index in [2.05, 4.69) is 21.2 Å². The molecule has 1 N–H and O–H groups in total. The molecule has 4 amide bonds. The number of amides is 4. The molecule has 0 unspecified atom stereocenters. The predicted octanol–water partition coefficient (Wildman–Crippen LogP) is 2.92. The summed E-state index contributed by atoms with van der Waals surface area (Å²) in [5, 5.41) is 2.29. The topological polar surface area (TPSA) is 69.7 Å². The van der Waals surface area contributed by atoms with Gasteiger partial charge in [0.1, 0.15) is 5.57 Å². The van der Waals surface area contributed by atoms with Crippen LogP contribution in [0.5, 0.6) is 0 Å². The number of halogens is 1. The summed E-state index contributed by atoms with van der Waals surface area (Å²) >= 11 is 3.50. The molecule has 2 fully saturated rings. The van der Waals surface area contributed by atoms with Crippen LogP contribution in [0.15, 0.2) is 28.2 Å². The summed E-state index contributed by atoms with van der Waals surface area (Å²) in [6, 6.07) is 4.86. The number of nitrogens with zero attached hydrogens (tertiary/aromatic N) is 2. The number of urea groups is 1. The van der Waals surface area contributed by atoms with Crippen LogP contribution < -0.4 is 10.2 Å². The van der Waals surface area contributed by atoms with Gasteiger partial charge in [-0.3, -0.25) is 19.8 Å². The summed E-state index contributed by atoms with van der Waals surface area (Å²) in [4.78, 5) is 40.2. The van der Waals surface area contributed by atoms with E-state index in [0.717, 1.165) is 41.4 Å². The van der Waals surface area contributed by atoms with E-state index in [-0.39, 0.29) is 11.6 Å². The number of carbonyl (C=O) groups is 3. The number of benzene rings is 1. The molecule has 1 aliphatic carbocycles. The Morgan fingerprint density at radius 2 is 1.88 bits per heavy atom. The van der Waals surface area contributed by atoms with E-state index >= 15 is 0 Å². The molecule has 1 aromatic carbocycles. The fourth-order valence-electron chi connectivity index (χ4n) is 3.31. The summed E-state index contributed by atoms with van der Waals surface area (Å²) in [6.07, 6.45) is 5.12. The van der Waals surface area contributed by atoms with E-state index in [4.69, 9.17) is 0 Å². The van der Waals surface area contributed by atoms with Gasteiger partial charge in [0.15, 0.2) is 0 Å². The number of anilines is 1. The average Bonchev–Trinajstić information content (AvgIpc) is 3.05. The van der Waals surface area contributed by atoms with Crippen LogP contribution in [0, 0.1) is 0 Å². The van der Waals surface area contributed by atoms with Gasteiger partial charge < -0.3 is 4.90 Å². The lowest BCUT2D eigenvalue weighted by molar-refractivity contribution is -0.131. The fourth-order valence-corrected chi connectivity index (χ4v) is 4.06. The van der Waals surface area contributed by atoms with E-state index in [1.807, 2.05) is 37.2 Å². The van der Waals surface area contributed by atoms with Gasteiger partial charge in [-0.25, -0.2) is 4.79 Å². The summed E-state index contributed by atoms with van der Waals surface area (Å²) in [7, 11) is 3.86. The molecule has 2 aliphatic rings. The van der Waals surface area contributed by atoms with Crippen LogP contribution in [0.2, 0.25) is 0 Å². The Morgan fingerprint density at radius 3 is 2.48 bits per heavy atom. The van der Waals surface area contributed by atoms with Crippen molar-refractivity contribution in [2.75, 3.05) is 19.0 Å². The predicted molar refractivity (Wildman–Crippen MR) is 99.1 cm³/mol. The number of hydrogen-bond donors (Lipinski definition) is 1. The summed E-state index contributed by atoms with van der Waals surface area (Å²) < 4.78 is 0.860. The van der Waals surface area contributed by atoms with Gasteiger partial charge in [0.25, 0.3) is 11.8 Å². The first-order chi connectivity index (χ1) is 11.9. The zero-order valence-corrected chi connectivity index (χ0v) is 15.8. The Hall–Kier alpha value is -2.15. The Kier molecular flexibility index (Phi) is 4.94.